The van der Waals surface area contributed by atoms with Crippen LogP contribution in [0.3, 0.4) is 0 Å². The van der Waals surface area contributed by atoms with Crippen LogP contribution in [0, 0.1) is 0 Å². The predicted molar refractivity (Wildman–Crippen MR) is 67.4 cm³/mol. The molecule has 1 amide bonds. The lowest BCUT2D eigenvalue weighted by molar-refractivity contribution is 0.0547. The van der Waals surface area contributed by atoms with Crippen molar-refractivity contribution in [3.63, 3.8) is 0 Å². The Hall–Kier alpha value is -1.81. The third-order valence-electron chi connectivity index (χ3n) is 3.46. The second-order valence-corrected chi connectivity index (χ2v) is 4.67. The summed E-state index contributed by atoms with van der Waals surface area (Å²) in [5.74, 6) is -0.00755. The highest BCUT2D eigenvalue weighted by Gasteiger charge is 2.24. The molecule has 0 saturated carbocycles. The van der Waals surface area contributed by atoms with Crippen LogP contribution in [0.1, 0.15) is 23.2 Å². The SMILES string of the molecule is O=C(c1coc2ccccc12)N1CCC(O)CC1. The fourth-order valence-corrected chi connectivity index (χ4v) is 2.38. The van der Waals surface area contributed by atoms with Gasteiger partial charge in [0.05, 0.1) is 11.7 Å². The van der Waals surface area contributed by atoms with Gasteiger partial charge in [-0.05, 0) is 18.9 Å². The van der Waals surface area contributed by atoms with E-state index < -0.39 is 0 Å². The Morgan fingerprint density at radius 1 is 1.28 bits per heavy atom. The van der Waals surface area contributed by atoms with Crippen LogP contribution in [-0.2, 0) is 0 Å². The summed E-state index contributed by atoms with van der Waals surface area (Å²) in [6.45, 7) is 1.22. The van der Waals surface area contributed by atoms with Crippen LogP contribution in [0.5, 0.6) is 0 Å². The molecule has 94 valence electrons. The van der Waals surface area contributed by atoms with Crippen LogP contribution in [0.15, 0.2) is 34.9 Å². The Morgan fingerprint density at radius 3 is 2.78 bits per heavy atom. The lowest BCUT2D eigenvalue weighted by Crippen LogP contribution is -2.39. The highest BCUT2D eigenvalue weighted by molar-refractivity contribution is 6.05. The van der Waals surface area contributed by atoms with Crippen molar-refractivity contribution in [2.24, 2.45) is 0 Å². The molecule has 1 aliphatic rings. The maximum atomic E-state index is 12.4. The van der Waals surface area contributed by atoms with E-state index in [-0.39, 0.29) is 12.0 Å². The van der Waals surface area contributed by atoms with Gasteiger partial charge in [-0.2, -0.15) is 0 Å². The summed E-state index contributed by atoms with van der Waals surface area (Å²) in [6, 6.07) is 7.53. The van der Waals surface area contributed by atoms with Gasteiger partial charge in [0.15, 0.2) is 0 Å². The van der Waals surface area contributed by atoms with Crippen LogP contribution >= 0.6 is 0 Å². The number of hydrogen-bond acceptors (Lipinski definition) is 3. The number of hydrogen-bond donors (Lipinski definition) is 1. The van der Waals surface area contributed by atoms with E-state index in [9.17, 15) is 9.90 Å². The monoisotopic (exact) mass is 245 g/mol. The van der Waals surface area contributed by atoms with Gasteiger partial charge in [0.2, 0.25) is 0 Å². The molecule has 4 heteroatoms. The average Bonchev–Trinajstić information content (AvgIpc) is 2.82. The standard InChI is InChI=1S/C14H15NO3/c16-10-5-7-15(8-6-10)14(17)12-9-18-13-4-2-1-3-11(12)13/h1-4,9-10,16H,5-8H2. The van der Waals surface area contributed by atoms with E-state index >= 15 is 0 Å². The molecule has 0 aliphatic carbocycles. The number of carbonyl (C=O) groups excluding carboxylic acids is 1. The summed E-state index contributed by atoms with van der Waals surface area (Å²) in [6.07, 6.45) is 2.57. The topological polar surface area (TPSA) is 53.7 Å². The molecule has 0 radical (unpaired) electrons. The van der Waals surface area contributed by atoms with Crippen molar-refractivity contribution in [3.05, 3.63) is 36.1 Å². The number of fused-ring (bicyclic) bond motifs is 1. The number of rotatable bonds is 1. The summed E-state index contributed by atoms with van der Waals surface area (Å²) in [5.41, 5.74) is 1.35. The van der Waals surface area contributed by atoms with Crippen molar-refractivity contribution in [2.75, 3.05) is 13.1 Å². The molecular formula is C14H15NO3. The van der Waals surface area contributed by atoms with Gasteiger partial charge < -0.3 is 14.4 Å². The fraction of sp³-hybridized carbons (Fsp3) is 0.357. The summed E-state index contributed by atoms with van der Waals surface area (Å²) in [4.78, 5) is 14.1. The number of para-hydroxylation sites is 1. The van der Waals surface area contributed by atoms with Gasteiger partial charge >= 0.3 is 0 Å². The highest BCUT2D eigenvalue weighted by atomic mass is 16.3. The highest BCUT2D eigenvalue weighted by Crippen LogP contribution is 2.23. The van der Waals surface area contributed by atoms with Gasteiger partial charge in [-0.15, -0.1) is 0 Å². The average molecular weight is 245 g/mol. The molecule has 18 heavy (non-hydrogen) atoms. The van der Waals surface area contributed by atoms with Crippen LogP contribution in [0.25, 0.3) is 11.0 Å². The van der Waals surface area contributed by atoms with Crippen LogP contribution in [0.4, 0.5) is 0 Å². The molecule has 0 unspecified atom stereocenters. The van der Waals surface area contributed by atoms with Gasteiger partial charge in [-0.1, -0.05) is 18.2 Å². The van der Waals surface area contributed by atoms with Crippen molar-refractivity contribution in [1.29, 1.82) is 0 Å². The zero-order valence-corrected chi connectivity index (χ0v) is 10.0. The maximum Gasteiger partial charge on any atom is 0.257 e. The minimum atomic E-state index is -0.268. The van der Waals surface area contributed by atoms with E-state index in [1.54, 1.807) is 4.90 Å². The minimum absolute atomic E-state index is 0.00755. The molecule has 1 aromatic heterocycles. The number of aliphatic hydroxyl groups is 1. The summed E-state index contributed by atoms with van der Waals surface area (Å²) in [7, 11) is 0. The molecular weight excluding hydrogens is 230 g/mol. The van der Waals surface area contributed by atoms with E-state index in [4.69, 9.17) is 4.42 Å². The lowest BCUT2D eigenvalue weighted by atomic mass is 10.1. The molecule has 2 aromatic rings. The molecule has 1 fully saturated rings. The molecule has 0 atom stereocenters. The summed E-state index contributed by atoms with van der Waals surface area (Å²) in [5, 5.41) is 10.3. The smallest absolute Gasteiger partial charge is 0.257 e. The number of furan rings is 1. The Morgan fingerprint density at radius 2 is 2.00 bits per heavy atom. The van der Waals surface area contributed by atoms with E-state index in [0.29, 0.717) is 31.5 Å². The Bertz CT molecular complexity index is 567. The van der Waals surface area contributed by atoms with E-state index in [0.717, 1.165) is 11.0 Å². The molecule has 1 saturated heterocycles. The first kappa shape index (κ1) is 11.3. The van der Waals surface area contributed by atoms with Crippen molar-refractivity contribution in [2.45, 2.75) is 18.9 Å². The normalized spacial score (nSPS) is 17.3. The van der Waals surface area contributed by atoms with E-state index in [2.05, 4.69) is 0 Å². The van der Waals surface area contributed by atoms with Crippen molar-refractivity contribution >= 4 is 16.9 Å². The number of piperidine rings is 1. The molecule has 1 aromatic carbocycles. The third-order valence-corrected chi connectivity index (χ3v) is 3.46. The number of benzene rings is 1. The van der Waals surface area contributed by atoms with Crippen LogP contribution in [0.2, 0.25) is 0 Å². The number of amides is 1. The maximum absolute atomic E-state index is 12.4. The van der Waals surface area contributed by atoms with Crippen molar-refractivity contribution in [3.8, 4) is 0 Å². The Balaban J connectivity index is 1.88. The molecule has 0 bridgehead atoms. The first-order valence-electron chi connectivity index (χ1n) is 6.19. The number of aliphatic hydroxyl groups excluding tert-OH is 1. The van der Waals surface area contributed by atoms with Crippen molar-refractivity contribution in [1.82, 2.24) is 4.90 Å². The number of nitrogens with zero attached hydrogens (tertiary/aromatic N) is 1. The lowest BCUT2D eigenvalue weighted by Gasteiger charge is -2.29. The van der Waals surface area contributed by atoms with Crippen molar-refractivity contribution < 1.29 is 14.3 Å². The zero-order valence-electron chi connectivity index (χ0n) is 10.0. The largest absolute Gasteiger partial charge is 0.463 e. The zero-order chi connectivity index (χ0) is 12.5. The number of carbonyl (C=O) groups is 1. The van der Waals surface area contributed by atoms with E-state index in [1.165, 1.54) is 6.26 Å². The predicted octanol–water partition coefficient (Wildman–Crippen LogP) is 2.03. The first-order valence-corrected chi connectivity index (χ1v) is 6.19. The van der Waals surface area contributed by atoms with Gasteiger partial charge in [0.25, 0.3) is 5.91 Å². The second kappa shape index (κ2) is 4.46. The summed E-state index contributed by atoms with van der Waals surface area (Å²) >= 11 is 0. The number of likely N-dealkylation sites (tertiary alicyclic amines) is 1. The summed E-state index contributed by atoms with van der Waals surface area (Å²) < 4.78 is 5.39. The third kappa shape index (κ3) is 1.88. The van der Waals surface area contributed by atoms with Crippen LogP contribution < -0.4 is 0 Å². The van der Waals surface area contributed by atoms with Gasteiger partial charge in [-0.25, -0.2) is 0 Å². The minimum Gasteiger partial charge on any atom is -0.463 e. The molecule has 3 rings (SSSR count). The molecule has 2 heterocycles. The quantitative estimate of drug-likeness (QED) is 0.836. The van der Waals surface area contributed by atoms with Crippen LogP contribution in [-0.4, -0.2) is 35.1 Å². The van der Waals surface area contributed by atoms with E-state index in [1.807, 2.05) is 24.3 Å². The molecule has 1 N–H and O–H groups in total. The van der Waals surface area contributed by atoms with Gasteiger partial charge in [0.1, 0.15) is 11.8 Å². The van der Waals surface area contributed by atoms with Gasteiger partial charge in [-0.3, -0.25) is 4.79 Å². The Labute approximate surface area is 105 Å². The molecule has 4 nitrogen and oxygen atoms in total. The van der Waals surface area contributed by atoms with Gasteiger partial charge in [0, 0.05) is 18.5 Å². The Kier molecular flexibility index (Phi) is 2.80. The fourth-order valence-electron chi connectivity index (χ4n) is 2.38. The second-order valence-electron chi connectivity index (χ2n) is 4.67. The molecule has 1 aliphatic heterocycles. The first-order chi connectivity index (χ1) is 8.75. The molecule has 0 spiro atoms.